The van der Waals surface area contributed by atoms with E-state index in [1.54, 1.807) is 12.4 Å². The maximum absolute atomic E-state index is 12.3. The van der Waals surface area contributed by atoms with Gasteiger partial charge in [0.1, 0.15) is 12.3 Å². The van der Waals surface area contributed by atoms with Crippen molar-refractivity contribution in [2.45, 2.75) is 18.8 Å². The standard InChI is InChI=1S/C25H25N3O5S/c1-28(13-11-23(29)30)24(31)21-15-34-22(27-21)10-12-26-25(32)33-14-20-18-8-4-2-6-16(18)17-7-3-5-9-19(17)20/h2-9,15,20H,10-14H2,1H3,(H,26,32)(H,29,30). The number of ether oxygens (including phenoxy) is 1. The molecule has 0 fully saturated rings. The van der Waals surface area contributed by atoms with E-state index in [0.717, 1.165) is 11.1 Å². The van der Waals surface area contributed by atoms with Crippen molar-refractivity contribution in [2.24, 2.45) is 0 Å². The summed E-state index contributed by atoms with van der Waals surface area (Å²) in [6, 6.07) is 16.3. The number of rotatable bonds is 9. The minimum atomic E-state index is -0.960. The number of carbonyl (C=O) groups excluding carboxylic acids is 2. The summed E-state index contributed by atoms with van der Waals surface area (Å²) >= 11 is 1.32. The van der Waals surface area contributed by atoms with Crippen LogP contribution in [0.25, 0.3) is 11.1 Å². The Morgan fingerprint density at radius 2 is 1.74 bits per heavy atom. The van der Waals surface area contributed by atoms with Gasteiger partial charge in [-0.1, -0.05) is 48.5 Å². The largest absolute Gasteiger partial charge is 0.481 e. The van der Waals surface area contributed by atoms with Gasteiger partial charge in [0.15, 0.2) is 0 Å². The predicted octanol–water partition coefficient (Wildman–Crippen LogP) is 3.77. The van der Waals surface area contributed by atoms with Crippen molar-refractivity contribution < 1.29 is 24.2 Å². The molecule has 0 bridgehead atoms. The quantitative estimate of drug-likeness (QED) is 0.484. The Kier molecular flexibility index (Phi) is 7.22. The van der Waals surface area contributed by atoms with E-state index < -0.39 is 12.1 Å². The van der Waals surface area contributed by atoms with Gasteiger partial charge in [0.25, 0.3) is 5.91 Å². The number of alkyl carbamates (subject to hydrolysis) is 1. The molecule has 34 heavy (non-hydrogen) atoms. The van der Waals surface area contributed by atoms with Crippen LogP contribution in [-0.2, 0) is 16.0 Å². The van der Waals surface area contributed by atoms with Gasteiger partial charge < -0.3 is 20.1 Å². The summed E-state index contributed by atoms with van der Waals surface area (Å²) in [7, 11) is 1.54. The lowest BCUT2D eigenvalue weighted by Crippen LogP contribution is -2.29. The van der Waals surface area contributed by atoms with Gasteiger partial charge in [-0.2, -0.15) is 0 Å². The Labute approximate surface area is 201 Å². The number of nitrogens with one attached hydrogen (secondary N) is 1. The maximum Gasteiger partial charge on any atom is 0.407 e. The lowest BCUT2D eigenvalue weighted by Gasteiger charge is -2.14. The van der Waals surface area contributed by atoms with E-state index >= 15 is 0 Å². The molecule has 0 saturated carbocycles. The van der Waals surface area contributed by atoms with E-state index in [1.165, 1.54) is 27.4 Å². The summed E-state index contributed by atoms with van der Waals surface area (Å²) in [5.41, 5.74) is 4.94. The van der Waals surface area contributed by atoms with Crippen molar-refractivity contribution in [1.29, 1.82) is 0 Å². The van der Waals surface area contributed by atoms with Crippen LogP contribution < -0.4 is 5.32 Å². The van der Waals surface area contributed by atoms with Crippen LogP contribution >= 0.6 is 11.3 Å². The van der Waals surface area contributed by atoms with Crippen LogP contribution in [0.4, 0.5) is 4.79 Å². The second-order valence-corrected chi connectivity index (χ2v) is 8.94. The number of hydrogen-bond donors (Lipinski definition) is 2. The van der Waals surface area contributed by atoms with Crippen LogP contribution in [0.15, 0.2) is 53.9 Å². The number of thiazole rings is 1. The summed E-state index contributed by atoms with van der Waals surface area (Å²) in [4.78, 5) is 40.9. The van der Waals surface area contributed by atoms with Gasteiger partial charge in [0, 0.05) is 37.9 Å². The van der Waals surface area contributed by atoms with Gasteiger partial charge >= 0.3 is 12.1 Å². The number of hydrogen-bond acceptors (Lipinski definition) is 6. The molecule has 1 aliphatic rings. The van der Waals surface area contributed by atoms with E-state index in [1.807, 2.05) is 24.3 Å². The van der Waals surface area contributed by atoms with Gasteiger partial charge in [-0.15, -0.1) is 11.3 Å². The Morgan fingerprint density at radius 1 is 1.09 bits per heavy atom. The summed E-state index contributed by atoms with van der Waals surface area (Å²) in [5.74, 6) is -1.28. The third kappa shape index (κ3) is 5.26. The molecule has 2 N–H and O–H groups in total. The number of aromatic nitrogens is 1. The Bertz CT molecular complexity index is 1160. The first kappa shape index (κ1) is 23.4. The Hall–Kier alpha value is -3.72. The van der Waals surface area contributed by atoms with Gasteiger partial charge in [-0.05, 0) is 22.3 Å². The second-order valence-electron chi connectivity index (χ2n) is 8.00. The topological polar surface area (TPSA) is 109 Å². The molecule has 0 spiro atoms. The lowest BCUT2D eigenvalue weighted by atomic mass is 9.98. The van der Waals surface area contributed by atoms with Crippen LogP contribution in [-0.4, -0.2) is 59.7 Å². The van der Waals surface area contributed by atoms with E-state index in [2.05, 4.69) is 34.6 Å². The van der Waals surface area contributed by atoms with Crippen LogP contribution in [0.5, 0.6) is 0 Å². The van der Waals surface area contributed by atoms with Crippen LogP contribution in [0.2, 0.25) is 0 Å². The zero-order chi connectivity index (χ0) is 24.1. The zero-order valence-corrected chi connectivity index (χ0v) is 19.5. The first-order chi connectivity index (χ1) is 16.4. The molecule has 3 aromatic rings. The molecule has 0 atom stereocenters. The van der Waals surface area contributed by atoms with Crippen molar-refractivity contribution in [3.63, 3.8) is 0 Å². The lowest BCUT2D eigenvalue weighted by molar-refractivity contribution is -0.137. The first-order valence-electron chi connectivity index (χ1n) is 10.9. The molecular formula is C25H25N3O5S. The Balaban J connectivity index is 1.25. The summed E-state index contributed by atoms with van der Waals surface area (Å²) in [6.45, 7) is 0.690. The first-order valence-corrected chi connectivity index (χ1v) is 11.8. The number of aliphatic carboxylic acids is 1. The molecule has 0 radical (unpaired) electrons. The normalized spacial score (nSPS) is 12.0. The molecule has 2 amide bonds. The second kappa shape index (κ2) is 10.5. The molecule has 1 aromatic heterocycles. The molecule has 0 unspecified atom stereocenters. The van der Waals surface area contributed by atoms with Gasteiger partial charge in [0.05, 0.1) is 11.4 Å². The predicted molar refractivity (Wildman–Crippen MR) is 128 cm³/mol. The zero-order valence-electron chi connectivity index (χ0n) is 18.7. The number of carboxylic acid groups (broad SMARTS) is 1. The molecule has 0 aliphatic heterocycles. The molecule has 176 valence electrons. The fraction of sp³-hybridized carbons (Fsp3) is 0.280. The molecular weight excluding hydrogens is 454 g/mol. The summed E-state index contributed by atoms with van der Waals surface area (Å²) in [6.07, 6.45) is -0.160. The van der Waals surface area contributed by atoms with Crippen molar-refractivity contribution in [1.82, 2.24) is 15.2 Å². The van der Waals surface area contributed by atoms with Crippen LogP contribution in [0.3, 0.4) is 0 Å². The monoisotopic (exact) mass is 479 g/mol. The summed E-state index contributed by atoms with van der Waals surface area (Å²) in [5, 5.41) is 13.8. The van der Waals surface area contributed by atoms with Crippen molar-refractivity contribution >= 4 is 29.3 Å². The van der Waals surface area contributed by atoms with Crippen LogP contribution in [0.1, 0.15) is 39.0 Å². The fourth-order valence-corrected chi connectivity index (χ4v) is 4.78. The maximum atomic E-state index is 12.3. The SMILES string of the molecule is CN(CCC(=O)O)C(=O)c1csc(CCNC(=O)OCC2c3ccccc3-c3ccccc32)n1. The third-order valence-electron chi connectivity index (χ3n) is 5.73. The molecule has 1 aliphatic carbocycles. The average Bonchev–Trinajstić information content (AvgIpc) is 3.43. The van der Waals surface area contributed by atoms with Crippen molar-refractivity contribution in [3.05, 3.63) is 75.7 Å². The van der Waals surface area contributed by atoms with E-state index in [4.69, 9.17) is 9.84 Å². The molecule has 8 nitrogen and oxygen atoms in total. The van der Waals surface area contributed by atoms with Crippen molar-refractivity contribution in [2.75, 3.05) is 26.7 Å². The number of nitrogens with zero attached hydrogens (tertiary/aromatic N) is 2. The minimum absolute atomic E-state index is 0.00352. The smallest absolute Gasteiger partial charge is 0.407 e. The van der Waals surface area contributed by atoms with Crippen LogP contribution in [0, 0.1) is 0 Å². The molecule has 9 heteroatoms. The Morgan fingerprint density at radius 3 is 2.38 bits per heavy atom. The summed E-state index contributed by atoms with van der Waals surface area (Å²) < 4.78 is 5.52. The highest BCUT2D eigenvalue weighted by molar-refractivity contribution is 7.09. The van der Waals surface area contributed by atoms with Gasteiger partial charge in [-0.25, -0.2) is 9.78 Å². The number of carboxylic acids is 1. The van der Waals surface area contributed by atoms with Crippen molar-refractivity contribution in [3.8, 4) is 11.1 Å². The molecule has 1 heterocycles. The molecule has 0 saturated heterocycles. The highest BCUT2D eigenvalue weighted by atomic mass is 32.1. The minimum Gasteiger partial charge on any atom is -0.481 e. The number of amides is 2. The number of benzene rings is 2. The third-order valence-corrected chi connectivity index (χ3v) is 6.64. The van der Waals surface area contributed by atoms with Gasteiger partial charge in [-0.3, -0.25) is 9.59 Å². The molecule has 4 rings (SSSR count). The average molecular weight is 480 g/mol. The highest BCUT2D eigenvalue weighted by Gasteiger charge is 2.29. The molecule has 2 aromatic carbocycles. The number of carbonyl (C=O) groups is 3. The van der Waals surface area contributed by atoms with E-state index in [9.17, 15) is 14.4 Å². The number of fused-ring (bicyclic) bond motifs is 3. The van der Waals surface area contributed by atoms with Gasteiger partial charge in [0.2, 0.25) is 0 Å². The van der Waals surface area contributed by atoms with E-state index in [-0.39, 0.29) is 37.1 Å². The fourth-order valence-electron chi connectivity index (χ4n) is 4.01. The van der Waals surface area contributed by atoms with E-state index in [0.29, 0.717) is 18.0 Å². The highest BCUT2D eigenvalue weighted by Crippen LogP contribution is 2.44.